The minimum absolute atomic E-state index is 0.114. The molecule has 0 aliphatic carbocycles. The minimum Gasteiger partial charge on any atom is -0.462 e. The molecule has 0 fully saturated rings. The fraction of sp³-hybridized carbons (Fsp3) is 0.667. The first-order valence-corrected chi connectivity index (χ1v) is 25.8. The first-order chi connectivity index (χ1) is 31.0. The summed E-state index contributed by atoms with van der Waals surface area (Å²) in [4.78, 5) is 37.9. The predicted octanol–water partition coefficient (Wildman–Crippen LogP) is 17.0. The van der Waals surface area contributed by atoms with Crippen LogP contribution in [0.5, 0.6) is 0 Å². The van der Waals surface area contributed by atoms with Crippen LogP contribution in [0, 0.1) is 0 Å². The second-order valence-electron chi connectivity index (χ2n) is 16.8. The maximum atomic E-state index is 12.8. The van der Waals surface area contributed by atoms with Crippen molar-refractivity contribution in [1.82, 2.24) is 0 Å². The van der Waals surface area contributed by atoms with E-state index in [1.165, 1.54) is 103 Å². The second-order valence-corrected chi connectivity index (χ2v) is 16.8. The molecule has 1 atom stereocenters. The van der Waals surface area contributed by atoms with Crippen LogP contribution in [-0.4, -0.2) is 37.2 Å². The topological polar surface area (TPSA) is 78.9 Å². The zero-order valence-corrected chi connectivity index (χ0v) is 40.8. The van der Waals surface area contributed by atoms with Crippen LogP contribution < -0.4 is 0 Å². The van der Waals surface area contributed by atoms with Gasteiger partial charge in [0.25, 0.3) is 0 Å². The lowest BCUT2D eigenvalue weighted by Gasteiger charge is -2.18. The van der Waals surface area contributed by atoms with Crippen molar-refractivity contribution in [2.45, 2.75) is 232 Å². The standard InChI is InChI=1S/C57H94O6/c1-4-7-10-13-16-19-22-25-27-28-30-32-35-38-41-44-47-50-56(59)62-53-54(52-61-55(58)49-46-43-40-37-34-31-24-21-18-15-12-9-6-3)63-57(60)51-48-45-42-39-36-33-29-26-23-20-17-14-11-8-5-2/h9,12,15-16,18-19,21,24-25,27,30-32,34,38,41,54H,4-8,10-11,13-14,17,20,22-23,26,28-29,33,35-37,39-40,42-53H2,1-3H3/b12-9-,18-15-,19-16-,24-21-,27-25-,32-30-,34-31-,41-38-. The van der Waals surface area contributed by atoms with Crippen LogP contribution in [0.2, 0.25) is 0 Å². The van der Waals surface area contributed by atoms with E-state index in [2.05, 4.69) is 81.5 Å². The molecule has 0 aromatic carbocycles. The smallest absolute Gasteiger partial charge is 0.306 e. The Kier molecular flexibility index (Phi) is 48.0. The highest BCUT2D eigenvalue weighted by Crippen LogP contribution is 2.15. The molecule has 6 nitrogen and oxygen atoms in total. The van der Waals surface area contributed by atoms with Crippen molar-refractivity contribution in [3.8, 4) is 0 Å². The highest BCUT2D eigenvalue weighted by Gasteiger charge is 2.19. The molecule has 0 saturated carbocycles. The number of carbonyl (C=O) groups is 3. The Labute approximate surface area is 387 Å². The Morgan fingerprint density at radius 3 is 1.21 bits per heavy atom. The van der Waals surface area contributed by atoms with Crippen LogP contribution in [0.25, 0.3) is 0 Å². The number of hydrogen-bond donors (Lipinski definition) is 0. The van der Waals surface area contributed by atoms with E-state index in [1.807, 2.05) is 36.5 Å². The quantitative estimate of drug-likeness (QED) is 0.0199. The van der Waals surface area contributed by atoms with Crippen LogP contribution in [-0.2, 0) is 28.6 Å². The van der Waals surface area contributed by atoms with Crippen molar-refractivity contribution in [1.29, 1.82) is 0 Å². The van der Waals surface area contributed by atoms with Crippen molar-refractivity contribution in [2.24, 2.45) is 0 Å². The van der Waals surface area contributed by atoms with E-state index in [-0.39, 0.29) is 37.5 Å². The first-order valence-electron chi connectivity index (χ1n) is 25.8. The third-order valence-electron chi connectivity index (χ3n) is 10.7. The second kappa shape index (κ2) is 51.0. The van der Waals surface area contributed by atoms with Crippen LogP contribution >= 0.6 is 0 Å². The van der Waals surface area contributed by atoms with Gasteiger partial charge in [-0.15, -0.1) is 0 Å². The van der Waals surface area contributed by atoms with E-state index in [1.54, 1.807) is 0 Å². The molecule has 0 aromatic rings. The molecule has 0 N–H and O–H groups in total. The maximum absolute atomic E-state index is 12.8. The van der Waals surface area contributed by atoms with Crippen molar-refractivity contribution >= 4 is 17.9 Å². The molecule has 0 spiro atoms. The molecule has 6 heteroatoms. The summed E-state index contributed by atoms with van der Waals surface area (Å²) in [5.41, 5.74) is 0. The van der Waals surface area contributed by atoms with E-state index in [9.17, 15) is 14.4 Å². The lowest BCUT2D eigenvalue weighted by atomic mass is 10.0. The largest absolute Gasteiger partial charge is 0.462 e. The number of allylic oxidation sites excluding steroid dienone is 16. The number of hydrogen-bond acceptors (Lipinski definition) is 6. The lowest BCUT2D eigenvalue weighted by molar-refractivity contribution is -0.167. The average molecular weight is 875 g/mol. The van der Waals surface area contributed by atoms with E-state index >= 15 is 0 Å². The summed E-state index contributed by atoms with van der Waals surface area (Å²) in [6.45, 7) is 6.38. The third-order valence-corrected chi connectivity index (χ3v) is 10.7. The molecule has 1 unspecified atom stereocenters. The Hall–Kier alpha value is -3.67. The van der Waals surface area contributed by atoms with Gasteiger partial charge in [-0.3, -0.25) is 14.4 Å². The van der Waals surface area contributed by atoms with Crippen molar-refractivity contribution < 1.29 is 28.6 Å². The summed E-state index contributed by atoms with van der Waals surface area (Å²) >= 11 is 0. The lowest BCUT2D eigenvalue weighted by Crippen LogP contribution is -2.30. The molecule has 0 aromatic heterocycles. The predicted molar refractivity (Wildman–Crippen MR) is 270 cm³/mol. The molecule has 0 amide bonds. The van der Waals surface area contributed by atoms with Gasteiger partial charge in [0.05, 0.1) is 0 Å². The SMILES string of the molecule is CC\C=C/C=C\C=C/C=C\CCCCCC(=O)OCC(COC(=O)CCC/C=C\C/C=C\C/C=C\C/C=C\CCCCC)OC(=O)CCCCCCCCCCCCCCCCC. The van der Waals surface area contributed by atoms with Crippen LogP contribution in [0.4, 0.5) is 0 Å². The summed E-state index contributed by atoms with van der Waals surface area (Å²) in [6.07, 6.45) is 66.8. The minimum atomic E-state index is -0.814. The number of unbranched alkanes of at least 4 members (excludes halogenated alkanes) is 21. The summed E-state index contributed by atoms with van der Waals surface area (Å²) in [5, 5.41) is 0. The highest BCUT2D eigenvalue weighted by molar-refractivity contribution is 5.71. The van der Waals surface area contributed by atoms with Gasteiger partial charge in [0, 0.05) is 19.3 Å². The van der Waals surface area contributed by atoms with Gasteiger partial charge in [-0.25, -0.2) is 0 Å². The van der Waals surface area contributed by atoms with Gasteiger partial charge in [-0.1, -0.05) is 227 Å². The van der Waals surface area contributed by atoms with Crippen molar-refractivity contribution in [3.63, 3.8) is 0 Å². The number of ether oxygens (including phenoxy) is 3. The Bertz CT molecular complexity index is 1280. The van der Waals surface area contributed by atoms with Gasteiger partial charge in [0.2, 0.25) is 0 Å². The number of rotatable bonds is 45. The van der Waals surface area contributed by atoms with Gasteiger partial charge in [0.1, 0.15) is 13.2 Å². The zero-order chi connectivity index (χ0) is 45.8. The molecule has 0 saturated heterocycles. The highest BCUT2D eigenvalue weighted by atomic mass is 16.6. The van der Waals surface area contributed by atoms with Gasteiger partial charge in [0.15, 0.2) is 6.10 Å². The Morgan fingerprint density at radius 2 is 0.698 bits per heavy atom. The summed E-state index contributed by atoms with van der Waals surface area (Å²) < 4.78 is 16.7. The molecule has 0 bridgehead atoms. The van der Waals surface area contributed by atoms with Crippen molar-refractivity contribution in [3.05, 3.63) is 97.2 Å². The van der Waals surface area contributed by atoms with Gasteiger partial charge < -0.3 is 14.2 Å². The summed E-state index contributed by atoms with van der Waals surface area (Å²) in [5.74, 6) is -1.01. The molecular weight excluding hydrogens is 781 g/mol. The summed E-state index contributed by atoms with van der Waals surface area (Å²) in [7, 11) is 0. The molecule has 0 radical (unpaired) electrons. The fourth-order valence-electron chi connectivity index (χ4n) is 6.80. The first kappa shape index (κ1) is 59.3. The fourth-order valence-corrected chi connectivity index (χ4v) is 6.80. The van der Waals surface area contributed by atoms with Crippen LogP contribution in [0.15, 0.2) is 97.2 Å². The maximum Gasteiger partial charge on any atom is 0.306 e. The molecule has 0 heterocycles. The van der Waals surface area contributed by atoms with E-state index < -0.39 is 6.10 Å². The molecule has 0 rings (SSSR count). The Balaban J connectivity index is 4.52. The number of carbonyl (C=O) groups excluding carboxylic acids is 3. The normalized spacial score (nSPS) is 12.9. The summed E-state index contributed by atoms with van der Waals surface area (Å²) in [6, 6.07) is 0. The third kappa shape index (κ3) is 49.2. The molecule has 0 aliphatic rings. The van der Waals surface area contributed by atoms with E-state index in [0.29, 0.717) is 19.3 Å². The van der Waals surface area contributed by atoms with E-state index in [0.717, 1.165) is 77.0 Å². The molecule has 0 aliphatic heterocycles. The zero-order valence-electron chi connectivity index (χ0n) is 40.8. The van der Waals surface area contributed by atoms with Crippen molar-refractivity contribution in [2.75, 3.05) is 13.2 Å². The Morgan fingerprint density at radius 1 is 0.349 bits per heavy atom. The van der Waals surface area contributed by atoms with E-state index in [4.69, 9.17) is 14.2 Å². The molecule has 63 heavy (non-hydrogen) atoms. The monoisotopic (exact) mass is 875 g/mol. The van der Waals surface area contributed by atoms with Crippen LogP contribution in [0.1, 0.15) is 226 Å². The van der Waals surface area contributed by atoms with Crippen LogP contribution in [0.3, 0.4) is 0 Å². The van der Waals surface area contributed by atoms with Gasteiger partial charge in [-0.2, -0.15) is 0 Å². The molecular formula is C57H94O6. The van der Waals surface area contributed by atoms with Gasteiger partial charge in [-0.05, 0) is 77.0 Å². The average Bonchev–Trinajstić information content (AvgIpc) is 3.28. The molecule has 358 valence electrons. The van der Waals surface area contributed by atoms with Gasteiger partial charge >= 0.3 is 17.9 Å². The number of esters is 3.